The summed E-state index contributed by atoms with van der Waals surface area (Å²) >= 11 is 1.52. The zero-order valence-electron chi connectivity index (χ0n) is 15.2. The highest BCUT2D eigenvalue weighted by Crippen LogP contribution is 2.16. The van der Waals surface area contributed by atoms with Crippen LogP contribution >= 0.6 is 11.3 Å². The first kappa shape index (κ1) is 20.3. The van der Waals surface area contributed by atoms with Gasteiger partial charge in [0.05, 0.1) is 10.6 Å². The number of anilines is 1. The number of hydrogen-bond acceptors (Lipinski definition) is 6. The van der Waals surface area contributed by atoms with Crippen molar-refractivity contribution in [3.05, 3.63) is 40.9 Å². The van der Waals surface area contributed by atoms with Gasteiger partial charge < -0.3 is 10.6 Å². The third kappa shape index (κ3) is 4.80. The van der Waals surface area contributed by atoms with Crippen LogP contribution < -0.4 is 10.6 Å². The molecule has 26 heavy (non-hydrogen) atoms. The molecule has 0 aliphatic carbocycles. The average Bonchev–Trinajstić information content (AvgIpc) is 3.10. The summed E-state index contributed by atoms with van der Waals surface area (Å²) < 4.78 is 26.3. The van der Waals surface area contributed by atoms with E-state index < -0.39 is 10.0 Å². The van der Waals surface area contributed by atoms with Crippen molar-refractivity contribution in [3.8, 4) is 0 Å². The summed E-state index contributed by atoms with van der Waals surface area (Å²) in [6, 6.07) is 6.02. The van der Waals surface area contributed by atoms with Gasteiger partial charge in [-0.3, -0.25) is 4.79 Å². The van der Waals surface area contributed by atoms with E-state index >= 15 is 0 Å². The van der Waals surface area contributed by atoms with Crippen LogP contribution in [0.25, 0.3) is 0 Å². The zero-order valence-corrected chi connectivity index (χ0v) is 16.8. The van der Waals surface area contributed by atoms with E-state index in [0.717, 1.165) is 10.8 Å². The predicted octanol–water partition coefficient (Wildman–Crippen LogP) is 2.19. The normalized spacial score (nSPS) is 11.5. The Bertz CT molecular complexity index is 828. The Morgan fingerprint density at radius 3 is 2.38 bits per heavy atom. The number of rotatable bonds is 9. The second-order valence-electron chi connectivity index (χ2n) is 5.51. The molecule has 0 aliphatic heterocycles. The van der Waals surface area contributed by atoms with Crippen LogP contribution in [0, 0.1) is 0 Å². The number of carbonyl (C=O) groups excluding carboxylic acids is 1. The smallest absolute Gasteiger partial charge is 0.251 e. The molecule has 1 heterocycles. The number of thiazole rings is 1. The van der Waals surface area contributed by atoms with Gasteiger partial charge in [0.25, 0.3) is 5.91 Å². The number of sulfonamides is 1. The van der Waals surface area contributed by atoms with E-state index in [-0.39, 0.29) is 10.8 Å². The number of benzene rings is 1. The molecule has 7 nitrogen and oxygen atoms in total. The van der Waals surface area contributed by atoms with Crippen LogP contribution in [0.5, 0.6) is 0 Å². The highest BCUT2D eigenvalue weighted by Gasteiger charge is 2.21. The third-order valence-corrected chi connectivity index (χ3v) is 6.86. The van der Waals surface area contributed by atoms with Crippen molar-refractivity contribution in [1.29, 1.82) is 0 Å². The van der Waals surface area contributed by atoms with Gasteiger partial charge in [-0.25, -0.2) is 13.4 Å². The summed E-state index contributed by atoms with van der Waals surface area (Å²) in [7, 11) is -1.69. The van der Waals surface area contributed by atoms with Crippen molar-refractivity contribution >= 4 is 32.4 Å². The second kappa shape index (κ2) is 9.11. The predicted molar refractivity (Wildman–Crippen MR) is 104 cm³/mol. The standard InChI is InChI=1S/C17H24N4O3S2/c1-4-21(5-2)26(23,24)15-8-6-13(7-9-15)16(22)19-11-10-14-12-25-17(18-3)20-14/h6-9,12H,4-5,10-11H2,1-3H3,(H,18,20)(H,19,22). The lowest BCUT2D eigenvalue weighted by Gasteiger charge is -2.18. The molecule has 2 aromatic rings. The van der Waals surface area contributed by atoms with Gasteiger partial charge in [0.1, 0.15) is 0 Å². The molecule has 0 saturated heterocycles. The van der Waals surface area contributed by atoms with Gasteiger partial charge in [0.2, 0.25) is 10.0 Å². The number of amides is 1. The summed E-state index contributed by atoms with van der Waals surface area (Å²) in [5, 5.41) is 8.59. The van der Waals surface area contributed by atoms with E-state index in [0.29, 0.717) is 31.6 Å². The maximum Gasteiger partial charge on any atom is 0.251 e. The van der Waals surface area contributed by atoms with Crippen molar-refractivity contribution in [2.24, 2.45) is 0 Å². The van der Waals surface area contributed by atoms with Crippen molar-refractivity contribution in [3.63, 3.8) is 0 Å². The quantitative estimate of drug-likeness (QED) is 0.678. The highest BCUT2D eigenvalue weighted by molar-refractivity contribution is 7.89. The molecule has 1 aromatic heterocycles. The maximum absolute atomic E-state index is 12.4. The molecule has 2 N–H and O–H groups in total. The molecule has 9 heteroatoms. The Morgan fingerprint density at radius 1 is 1.19 bits per heavy atom. The molecule has 1 amide bonds. The van der Waals surface area contributed by atoms with Crippen LogP contribution in [0.1, 0.15) is 29.9 Å². The van der Waals surface area contributed by atoms with E-state index in [1.54, 1.807) is 13.8 Å². The lowest BCUT2D eigenvalue weighted by Crippen LogP contribution is -2.30. The fourth-order valence-corrected chi connectivity index (χ4v) is 4.60. The van der Waals surface area contributed by atoms with Crippen LogP contribution in [0.2, 0.25) is 0 Å². The van der Waals surface area contributed by atoms with Crippen molar-refractivity contribution in [2.45, 2.75) is 25.2 Å². The van der Waals surface area contributed by atoms with Gasteiger partial charge in [-0.2, -0.15) is 4.31 Å². The molecule has 0 spiro atoms. The molecular formula is C17H24N4O3S2. The minimum Gasteiger partial charge on any atom is -0.365 e. The zero-order chi connectivity index (χ0) is 19.2. The molecule has 1 aromatic carbocycles. The Hall–Kier alpha value is -1.97. The molecular weight excluding hydrogens is 372 g/mol. The number of nitrogens with one attached hydrogen (secondary N) is 2. The Balaban J connectivity index is 1.95. The summed E-state index contributed by atoms with van der Waals surface area (Å²) in [5.41, 5.74) is 1.35. The summed E-state index contributed by atoms with van der Waals surface area (Å²) in [6.07, 6.45) is 0.637. The van der Waals surface area contributed by atoms with Gasteiger partial charge in [-0.05, 0) is 24.3 Å². The lowest BCUT2D eigenvalue weighted by atomic mass is 10.2. The van der Waals surface area contributed by atoms with Gasteiger partial charge in [-0.1, -0.05) is 13.8 Å². The molecule has 0 saturated carbocycles. The largest absolute Gasteiger partial charge is 0.365 e. The minimum absolute atomic E-state index is 0.194. The fraction of sp³-hybridized carbons (Fsp3) is 0.412. The van der Waals surface area contributed by atoms with Crippen LogP contribution in [0.15, 0.2) is 34.5 Å². The van der Waals surface area contributed by atoms with Crippen LogP contribution in [-0.4, -0.2) is 50.3 Å². The molecule has 0 atom stereocenters. The van der Waals surface area contributed by atoms with Crippen LogP contribution in [-0.2, 0) is 16.4 Å². The number of aromatic nitrogens is 1. The van der Waals surface area contributed by atoms with Crippen LogP contribution in [0.3, 0.4) is 0 Å². The van der Waals surface area contributed by atoms with Crippen molar-refractivity contribution in [1.82, 2.24) is 14.6 Å². The average molecular weight is 397 g/mol. The van der Waals surface area contributed by atoms with Crippen molar-refractivity contribution < 1.29 is 13.2 Å². The molecule has 0 radical (unpaired) electrons. The first-order valence-corrected chi connectivity index (χ1v) is 10.7. The maximum atomic E-state index is 12.4. The molecule has 0 fully saturated rings. The van der Waals surface area contributed by atoms with Gasteiger partial charge >= 0.3 is 0 Å². The van der Waals surface area contributed by atoms with E-state index in [4.69, 9.17) is 0 Å². The van der Waals surface area contributed by atoms with Gasteiger partial charge in [0, 0.05) is 44.0 Å². The first-order chi connectivity index (χ1) is 12.4. The molecule has 2 rings (SSSR count). The Morgan fingerprint density at radius 2 is 1.85 bits per heavy atom. The summed E-state index contributed by atoms with van der Waals surface area (Å²) in [4.78, 5) is 16.8. The van der Waals surface area contributed by atoms with Gasteiger partial charge in [0.15, 0.2) is 5.13 Å². The molecule has 0 aliphatic rings. The van der Waals surface area contributed by atoms with Gasteiger partial charge in [-0.15, -0.1) is 11.3 Å². The second-order valence-corrected chi connectivity index (χ2v) is 8.31. The van der Waals surface area contributed by atoms with E-state index in [1.165, 1.54) is 39.9 Å². The number of carbonyl (C=O) groups is 1. The van der Waals surface area contributed by atoms with E-state index in [2.05, 4.69) is 15.6 Å². The molecule has 0 unspecified atom stereocenters. The monoisotopic (exact) mass is 396 g/mol. The number of nitrogens with zero attached hydrogens (tertiary/aromatic N) is 2. The Kier molecular flexibility index (Phi) is 7.13. The van der Waals surface area contributed by atoms with Crippen molar-refractivity contribution in [2.75, 3.05) is 32.0 Å². The number of hydrogen-bond donors (Lipinski definition) is 2. The molecule has 142 valence electrons. The first-order valence-electron chi connectivity index (χ1n) is 8.43. The van der Waals surface area contributed by atoms with E-state index in [9.17, 15) is 13.2 Å². The van der Waals surface area contributed by atoms with E-state index in [1.807, 2.05) is 12.4 Å². The summed E-state index contributed by atoms with van der Waals surface area (Å²) in [5.74, 6) is -0.235. The molecule has 0 bridgehead atoms. The SMILES string of the molecule is CCN(CC)S(=O)(=O)c1ccc(C(=O)NCCc2csc(NC)n2)cc1. The fourth-order valence-electron chi connectivity index (χ4n) is 2.43. The van der Waals surface area contributed by atoms with Crippen LogP contribution in [0.4, 0.5) is 5.13 Å². The summed E-state index contributed by atoms with van der Waals surface area (Å²) in [6.45, 7) is 4.88. The Labute approximate surface area is 158 Å². The minimum atomic E-state index is -3.51. The lowest BCUT2D eigenvalue weighted by molar-refractivity contribution is 0.0954. The third-order valence-electron chi connectivity index (χ3n) is 3.89. The highest BCUT2D eigenvalue weighted by atomic mass is 32.2. The topological polar surface area (TPSA) is 91.4 Å².